The van der Waals surface area contributed by atoms with Crippen LogP contribution in [0.1, 0.15) is 12.0 Å². The van der Waals surface area contributed by atoms with Crippen molar-refractivity contribution in [1.29, 1.82) is 0 Å². The van der Waals surface area contributed by atoms with Crippen molar-refractivity contribution in [3.05, 3.63) is 38.9 Å². The van der Waals surface area contributed by atoms with Crippen LogP contribution in [0.5, 0.6) is 11.5 Å². The van der Waals surface area contributed by atoms with Gasteiger partial charge in [0.25, 0.3) is 0 Å². The number of benzene rings is 1. The van der Waals surface area contributed by atoms with E-state index in [4.69, 9.17) is 14.2 Å². The summed E-state index contributed by atoms with van der Waals surface area (Å²) in [5.41, 5.74) is 2.18. The Kier molecular flexibility index (Phi) is 6.53. The van der Waals surface area contributed by atoms with Crippen LogP contribution in [0.25, 0.3) is 0 Å². The maximum Gasteiger partial charge on any atom is 0.176 e. The van der Waals surface area contributed by atoms with Gasteiger partial charge in [0.2, 0.25) is 0 Å². The molecular formula is C23H27Br2N3O3. The molecule has 31 heavy (non-hydrogen) atoms. The average molecular weight is 553 g/mol. The minimum atomic E-state index is 0.634. The first-order valence-corrected chi connectivity index (χ1v) is 12.4. The van der Waals surface area contributed by atoms with Crippen molar-refractivity contribution in [2.24, 2.45) is 11.8 Å². The molecule has 3 aliphatic heterocycles. The third kappa shape index (κ3) is 4.78. The van der Waals surface area contributed by atoms with E-state index in [0.29, 0.717) is 18.4 Å². The molecule has 166 valence electrons. The third-order valence-corrected chi connectivity index (χ3v) is 7.51. The van der Waals surface area contributed by atoms with E-state index in [1.54, 1.807) is 0 Å². The summed E-state index contributed by atoms with van der Waals surface area (Å²) in [6.45, 7) is 9.28. The third-order valence-electron chi connectivity index (χ3n) is 6.22. The Labute approximate surface area is 200 Å². The monoisotopic (exact) mass is 551 g/mol. The molecule has 2 unspecified atom stereocenters. The van der Waals surface area contributed by atoms with Crippen molar-refractivity contribution in [1.82, 2.24) is 9.88 Å². The number of aromatic nitrogens is 1. The van der Waals surface area contributed by atoms with Gasteiger partial charge in [-0.25, -0.2) is 4.98 Å². The lowest BCUT2D eigenvalue weighted by Crippen LogP contribution is -2.47. The van der Waals surface area contributed by atoms with Crippen LogP contribution in [0.3, 0.4) is 0 Å². The smallest absolute Gasteiger partial charge is 0.176 e. The van der Waals surface area contributed by atoms with Crippen LogP contribution in [0, 0.1) is 18.8 Å². The molecule has 0 N–H and O–H groups in total. The van der Waals surface area contributed by atoms with Gasteiger partial charge in [0.05, 0.1) is 32.1 Å². The summed E-state index contributed by atoms with van der Waals surface area (Å²) in [4.78, 5) is 9.36. The number of aryl methyl sites for hydroxylation is 1. The second-order valence-corrected chi connectivity index (χ2v) is 10.4. The number of pyridine rings is 1. The lowest BCUT2D eigenvalue weighted by molar-refractivity contribution is -0.0455. The number of hydrogen-bond donors (Lipinski definition) is 0. The minimum Gasteiger partial charge on any atom is -0.451 e. The molecule has 1 aromatic carbocycles. The standard InChI is InChI=1S/C23H27Br2N3O3/c1-15-6-20-21(9-19(15)25)31-22-8-18(24)10-26-23(22)28(20)3-5-29-4-2-27-11-16-7-17(12-27)14-30-13-16/h6,8-10,16-17H,2-5,7,11-14H2,1H3. The molecule has 4 heterocycles. The summed E-state index contributed by atoms with van der Waals surface area (Å²) in [7, 11) is 0. The molecule has 8 heteroatoms. The molecule has 5 rings (SSSR count). The van der Waals surface area contributed by atoms with Crippen LogP contribution in [0.15, 0.2) is 33.3 Å². The molecule has 0 saturated carbocycles. The van der Waals surface area contributed by atoms with Crippen LogP contribution in [0.2, 0.25) is 0 Å². The Balaban J connectivity index is 1.21. The molecule has 2 atom stereocenters. The molecule has 0 spiro atoms. The summed E-state index contributed by atoms with van der Waals surface area (Å²) in [5, 5.41) is 0. The summed E-state index contributed by atoms with van der Waals surface area (Å²) < 4.78 is 19.8. The predicted octanol–water partition coefficient (Wildman–Crippen LogP) is 5.14. The maximum absolute atomic E-state index is 6.15. The Morgan fingerprint density at radius 2 is 1.84 bits per heavy atom. The number of ether oxygens (including phenoxy) is 3. The number of nitrogens with zero attached hydrogens (tertiary/aromatic N) is 3. The van der Waals surface area contributed by atoms with E-state index in [2.05, 4.69) is 59.6 Å². The van der Waals surface area contributed by atoms with Gasteiger partial charge in [0, 0.05) is 47.4 Å². The van der Waals surface area contributed by atoms with Gasteiger partial charge >= 0.3 is 0 Å². The molecule has 0 aliphatic carbocycles. The first-order valence-electron chi connectivity index (χ1n) is 10.9. The van der Waals surface area contributed by atoms with Gasteiger partial charge in [-0.3, -0.25) is 0 Å². The highest BCUT2D eigenvalue weighted by atomic mass is 79.9. The second-order valence-electron chi connectivity index (χ2n) is 8.68. The lowest BCUT2D eigenvalue weighted by atomic mass is 9.88. The van der Waals surface area contributed by atoms with Crippen LogP contribution in [0.4, 0.5) is 11.5 Å². The summed E-state index contributed by atoms with van der Waals surface area (Å²) in [6, 6.07) is 6.13. The summed E-state index contributed by atoms with van der Waals surface area (Å²) >= 11 is 7.11. The SMILES string of the molecule is Cc1cc2c(cc1Br)Oc1cc(Br)cnc1N2CCOCCN1CC2COCC(C2)C1. The van der Waals surface area contributed by atoms with E-state index < -0.39 is 0 Å². The van der Waals surface area contributed by atoms with E-state index in [1.165, 1.54) is 6.42 Å². The van der Waals surface area contributed by atoms with Crippen molar-refractivity contribution in [2.75, 3.05) is 57.5 Å². The zero-order valence-corrected chi connectivity index (χ0v) is 20.8. The van der Waals surface area contributed by atoms with Crippen molar-refractivity contribution < 1.29 is 14.2 Å². The fraction of sp³-hybridized carbons (Fsp3) is 0.522. The molecule has 3 aliphatic rings. The van der Waals surface area contributed by atoms with Crippen molar-refractivity contribution in [3.8, 4) is 11.5 Å². The number of rotatable bonds is 6. The molecule has 2 aromatic rings. The topological polar surface area (TPSA) is 47.1 Å². The van der Waals surface area contributed by atoms with E-state index in [-0.39, 0.29) is 0 Å². The fourth-order valence-corrected chi connectivity index (χ4v) is 5.43. The molecular weight excluding hydrogens is 526 g/mol. The van der Waals surface area contributed by atoms with Crippen molar-refractivity contribution in [3.63, 3.8) is 0 Å². The van der Waals surface area contributed by atoms with Crippen molar-refractivity contribution >= 4 is 43.4 Å². The zero-order chi connectivity index (χ0) is 21.4. The first kappa shape index (κ1) is 21.6. The fourth-order valence-electron chi connectivity index (χ4n) is 4.79. The van der Waals surface area contributed by atoms with E-state index in [0.717, 1.165) is 83.5 Å². The Morgan fingerprint density at radius 3 is 2.65 bits per heavy atom. The van der Waals surface area contributed by atoms with Crippen LogP contribution in [-0.4, -0.2) is 62.5 Å². The Hall–Kier alpha value is -1.19. The predicted molar refractivity (Wildman–Crippen MR) is 128 cm³/mol. The molecule has 0 radical (unpaired) electrons. The van der Waals surface area contributed by atoms with E-state index in [9.17, 15) is 0 Å². The highest BCUT2D eigenvalue weighted by Gasteiger charge is 2.31. The van der Waals surface area contributed by atoms with Gasteiger partial charge < -0.3 is 24.0 Å². The molecule has 6 nitrogen and oxygen atoms in total. The molecule has 2 fully saturated rings. The van der Waals surface area contributed by atoms with Gasteiger partial charge in [-0.05, 0) is 58.8 Å². The average Bonchev–Trinajstić information content (AvgIpc) is 2.74. The largest absolute Gasteiger partial charge is 0.451 e. The quantitative estimate of drug-likeness (QED) is 0.462. The van der Waals surface area contributed by atoms with Crippen molar-refractivity contribution in [2.45, 2.75) is 13.3 Å². The van der Waals surface area contributed by atoms with Gasteiger partial charge in [-0.1, -0.05) is 15.9 Å². The van der Waals surface area contributed by atoms with Gasteiger partial charge in [0.15, 0.2) is 17.3 Å². The molecule has 2 bridgehead atoms. The normalized spacial score (nSPS) is 22.6. The molecule has 2 saturated heterocycles. The van der Waals surface area contributed by atoms with Crippen LogP contribution >= 0.6 is 31.9 Å². The highest BCUT2D eigenvalue weighted by molar-refractivity contribution is 9.10. The summed E-state index contributed by atoms with van der Waals surface area (Å²) in [5.74, 6) is 3.79. The zero-order valence-electron chi connectivity index (χ0n) is 17.7. The first-order chi connectivity index (χ1) is 15.1. The number of piperidine rings is 1. The summed E-state index contributed by atoms with van der Waals surface area (Å²) in [6.07, 6.45) is 3.13. The number of halogens is 2. The van der Waals surface area contributed by atoms with Crippen LogP contribution < -0.4 is 9.64 Å². The Bertz CT molecular complexity index is 946. The van der Waals surface area contributed by atoms with E-state index >= 15 is 0 Å². The van der Waals surface area contributed by atoms with Gasteiger partial charge in [0.1, 0.15) is 0 Å². The number of anilines is 2. The van der Waals surface area contributed by atoms with E-state index in [1.807, 2.05) is 18.3 Å². The van der Waals surface area contributed by atoms with Gasteiger partial charge in [-0.15, -0.1) is 0 Å². The lowest BCUT2D eigenvalue weighted by Gasteiger charge is -2.41. The number of likely N-dealkylation sites (tertiary alicyclic amines) is 1. The number of fused-ring (bicyclic) bond motifs is 4. The Morgan fingerprint density at radius 1 is 1.06 bits per heavy atom. The van der Waals surface area contributed by atoms with Gasteiger partial charge in [-0.2, -0.15) is 0 Å². The molecule has 0 amide bonds. The van der Waals surface area contributed by atoms with Crippen LogP contribution in [-0.2, 0) is 9.47 Å². The minimum absolute atomic E-state index is 0.634. The molecule has 1 aromatic heterocycles. The maximum atomic E-state index is 6.15. The number of hydrogen-bond acceptors (Lipinski definition) is 6. The second kappa shape index (κ2) is 9.35. The highest BCUT2D eigenvalue weighted by Crippen LogP contribution is 2.47.